The molecule has 6 saturated heterocycles. The molecule has 2 spiro atoms. The number of halogens is 4. The van der Waals surface area contributed by atoms with Crippen molar-refractivity contribution < 1.29 is 73.8 Å². The molecular weight excluding hydrogens is 1260 g/mol. The fourth-order valence-electron chi connectivity index (χ4n) is 12.6. The number of carbonyl (C=O) groups is 4. The van der Waals surface area contributed by atoms with Crippen LogP contribution in [-0.4, -0.2) is 179 Å². The van der Waals surface area contributed by atoms with Crippen LogP contribution in [0.15, 0.2) is 59.3 Å². The van der Waals surface area contributed by atoms with E-state index in [1.807, 2.05) is 27.7 Å². The highest BCUT2D eigenvalue weighted by molar-refractivity contribution is 7.92. The van der Waals surface area contributed by atoms with Crippen LogP contribution in [0.5, 0.6) is 0 Å². The number of nitrogens with one attached hydrogen (secondary N) is 4. The van der Waals surface area contributed by atoms with Gasteiger partial charge in [0.15, 0.2) is 5.11 Å². The van der Waals surface area contributed by atoms with Gasteiger partial charge in [-0.2, -0.15) is 8.61 Å². The van der Waals surface area contributed by atoms with Crippen molar-refractivity contribution in [2.45, 2.75) is 135 Å². The molecule has 6 aliphatic heterocycles. The highest BCUT2D eigenvalue weighted by atomic mass is 32.2. The van der Waals surface area contributed by atoms with E-state index in [-0.39, 0.29) is 131 Å². The summed E-state index contributed by atoms with van der Waals surface area (Å²) in [6, 6.07) is 12.8. The van der Waals surface area contributed by atoms with Gasteiger partial charge in [-0.15, -0.1) is 0 Å². The van der Waals surface area contributed by atoms with Crippen molar-refractivity contribution in [1.82, 2.24) is 39.7 Å². The normalized spacial score (nSPS) is 20.6. The predicted octanol–water partition coefficient (Wildman–Crippen LogP) is 5.05. The smallest absolute Gasteiger partial charge is 0.423 e. The number of piperidine rings is 4. The molecule has 4 aromatic rings. The lowest BCUT2D eigenvalue weighted by molar-refractivity contribution is -0.126. The number of thiocarbonyl (C=S) groups is 1. The number of aliphatic hydroxyl groups is 2. The lowest BCUT2D eigenvalue weighted by atomic mass is 9.76. The summed E-state index contributed by atoms with van der Waals surface area (Å²) in [5.41, 5.74) is 4.11. The molecular formula is C64H81BF4N8O12S3. The van der Waals surface area contributed by atoms with Gasteiger partial charge in [-0.05, 0) is 240 Å². The van der Waals surface area contributed by atoms with Crippen molar-refractivity contribution in [1.29, 1.82) is 0 Å². The molecule has 28 heteroatoms. The Labute approximate surface area is 540 Å². The topological polar surface area (TPSA) is 279 Å². The van der Waals surface area contributed by atoms with Crippen LogP contribution in [0.25, 0.3) is 12.2 Å². The third kappa shape index (κ3) is 15.8. The molecule has 92 heavy (non-hydrogen) atoms. The van der Waals surface area contributed by atoms with Crippen molar-refractivity contribution >= 4 is 85.7 Å². The molecule has 20 nitrogen and oxygen atoms in total. The number of likely N-dealkylation sites (tertiary alicyclic amines) is 2. The SMILES string of the molecule is Cc1cc(B(O)O)c(C)cc1F.Cc1cc(C(=O)N2CCC(O)(CF)CC2)cc(C)c1/C=C/S(=O)(=O)N1CCC2(CC1)NC(=S)NC2=O.Cc1cc(C2NC(=O)C3(CCN(S(=O)(=O)/C=C/c4c(C)cc(C(=O)N5CCC(O)(CF)CC5)cc4C)CC3)N2)c(C)cc1F. The summed E-state index contributed by atoms with van der Waals surface area (Å²) in [6.45, 7) is 14.0. The van der Waals surface area contributed by atoms with Crippen LogP contribution in [0.4, 0.5) is 17.6 Å². The zero-order chi connectivity index (χ0) is 67.6. The Morgan fingerprint density at radius 2 is 0.957 bits per heavy atom. The summed E-state index contributed by atoms with van der Waals surface area (Å²) in [7, 11) is -9.04. The third-order valence-corrected chi connectivity index (χ3v) is 22.0. The van der Waals surface area contributed by atoms with Crippen LogP contribution in [0.3, 0.4) is 0 Å². The minimum absolute atomic E-state index is 0.153. The number of aryl methyl sites for hydroxylation is 8. The largest absolute Gasteiger partial charge is 0.488 e. The van der Waals surface area contributed by atoms with Gasteiger partial charge >= 0.3 is 7.12 Å². The number of carbonyl (C=O) groups excluding carboxylic acids is 4. The lowest BCUT2D eigenvalue weighted by Gasteiger charge is -2.36. The molecule has 4 amide bonds. The van der Waals surface area contributed by atoms with Gasteiger partial charge in [-0.1, -0.05) is 6.07 Å². The average molecular weight is 1340 g/mol. The van der Waals surface area contributed by atoms with E-state index in [2.05, 4.69) is 21.3 Å². The average Bonchev–Trinajstić information content (AvgIpc) is 1.58. The Kier molecular flexibility index (Phi) is 21.9. The molecule has 6 aliphatic rings. The highest BCUT2D eigenvalue weighted by Crippen LogP contribution is 2.35. The molecule has 6 fully saturated rings. The van der Waals surface area contributed by atoms with E-state index in [0.717, 1.165) is 33.2 Å². The van der Waals surface area contributed by atoms with Crippen LogP contribution in [-0.2, 0) is 29.6 Å². The molecule has 4 aromatic carbocycles. The van der Waals surface area contributed by atoms with E-state index in [1.165, 1.54) is 44.4 Å². The Morgan fingerprint density at radius 1 is 0.565 bits per heavy atom. The second kappa shape index (κ2) is 28.2. The van der Waals surface area contributed by atoms with Crippen molar-refractivity contribution in [2.75, 3.05) is 65.7 Å². The first kappa shape index (κ1) is 71.4. The maximum atomic E-state index is 14.0. The molecule has 0 aromatic heterocycles. The number of amides is 4. The van der Waals surface area contributed by atoms with Gasteiger partial charge in [-0.3, -0.25) is 24.5 Å². The molecule has 498 valence electrons. The number of hydrogen-bond donors (Lipinski definition) is 8. The summed E-state index contributed by atoms with van der Waals surface area (Å²) < 4.78 is 108. The Hall–Kier alpha value is -6.47. The zero-order valence-corrected chi connectivity index (χ0v) is 55.3. The third-order valence-electron chi connectivity index (χ3n) is 18.7. The molecule has 0 saturated carbocycles. The molecule has 8 N–H and O–H groups in total. The minimum atomic E-state index is -3.80. The van der Waals surface area contributed by atoms with E-state index in [0.29, 0.717) is 62.8 Å². The van der Waals surface area contributed by atoms with Crippen LogP contribution in [0.1, 0.15) is 139 Å². The van der Waals surface area contributed by atoms with Gasteiger partial charge in [0.1, 0.15) is 42.2 Å². The second-order valence-electron chi connectivity index (χ2n) is 25.3. The number of rotatable bonds is 12. The van der Waals surface area contributed by atoms with Crippen molar-refractivity contribution in [3.05, 3.63) is 143 Å². The summed E-state index contributed by atoms with van der Waals surface area (Å²) >= 11 is 5.02. The van der Waals surface area contributed by atoms with Crippen molar-refractivity contribution in [2.24, 2.45) is 0 Å². The van der Waals surface area contributed by atoms with Crippen LogP contribution in [0, 0.1) is 67.0 Å². The van der Waals surface area contributed by atoms with Gasteiger partial charge in [0.2, 0.25) is 26.0 Å². The number of sulfonamides is 2. The fraction of sp³-hybridized carbons (Fsp3) is 0.484. The molecule has 1 atom stereocenters. The first-order valence-corrected chi connectivity index (χ1v) is 33.8. The summed E-state index contributed by atoms with van der Waals surface area (Å²) in [6.07, 6.45) is 4.54. The van der Waals surface area contributed by atoms with Crippen LogP contribution >= 0.6 is 12.2 Å². The predicted molar refractivity (Wildman–Crippen MR) is 346 cm³/mol. The maximum absolute atomic E-state index is 14.0. The van der Waals surface area contributed by atoms with E-state index in [1.54, 1.807) is 67.8 Å². The monoisotopic (exact) mass is 1340 g/mol. The number of alkyl halides is 2. The number of benzene rings is 4. The lowest BCUT2D eigenvalue weighted by Crippen LogP contribution is -2.55. The molecule has 0 bridgehead atoms. The Morgan fingerprint density at radius 3 is 1.34 bits per heavy atom. The Balaban J connectivity index is 0.000000203. The van der Waals surface area contributed by atoms with Gasteiger partial charge < -0.3 is 46.0 Å². The van der Waals surface area contributed by atoms with Gasteiger partial charge in [0.25, 0.3) is 17.7 Å². The van der Waals surface area contributed by atoms with Crippen molar-refractivity contribution in [3.63, 3.8) is 0 Å². The zero-order valence-electron chi connectivity index (χ0n) is 52.9. The second-order valence-corrected chi connectivity index (χ2v) is 29.3. The van der Waals surface area contributed by atoms with Gasteiger partial charge in [-0.25, -0.2) is 34.4 Å². The number of hydrogen-bond acceptors (Lipinski definition) is 14. The van der Waals surface area contributed by atoms with Crippen LogP contribution in [0.2, 0.25) is 0 Å². The van der Waals surface area contributed by atoms with E-state index >= 15 is 0 Å². The molecule has 0 radical (unpaired) electrons. The molecule has 10 rings (SSSR count). The maximum Gasteiger partial charge on any atom is 0.488 e. The molecule has 1 unspecified atom stereocenters. The summed E-state index contributed by atoms with van der Waals surface area (Å²) in [5, 5.41) is 52.4. The van der Waals surface area contributed by atoms with Gasteiger partial charge in [0.05, 0.1) is 11.2 Å². The standard InChI is InChI=1S/C32H40F2N4O5S.C24H31FN4O5S2.C8H10BFO2/c1-20-15-24(29(39)37-10-6-31(41,19-33)7-11-37)16-21(2)25(20)5-14-44(42,43)38-12-8-32(9-13-38)30(40)35-28(36-32)26-17-23(4)27(34)18-22(26)3;1-16-13-18(20(30)28-8-4-23(32,15-25)5-9-28)14-17(2)19(16)3-12-36(33,34)29-10-6-24(7-11-29)21(31)26-22(35)27-24;1-5-4-8(10)6(2)3-7(5)9(11)12/h5,14-18,28,36,41H,6-13,19H2,1-4H3,(H,35,40);3,12-14,32H,4-11,15H2,1-2H3,(H2,26,27,31,35);3-4,11-12H,1-2H3/b14-5+;12-3+;. The molecule has 6 heterocycles. The fourth-order valence-corrected chi connectivity index (χ4v) is 15.2. The van der Waals surface area contributed by atoms with E-state index in [9.17, 15) is 63.8 Å². The summed E-state index contributed by atoms with van der Waals surface area (Å²) in [4.78, 5) is 54.6. The van der Waals surface area contributed by atoms with Gasteiger partial charge in [0, 0.05) is 74.3 Å². The van der Waals surface area contributed by atoms with Crippen molar-refractivity contribution in [3.8, 4) is 0 Å². The number of nitrogens with zero attached hydrogens (tertiary/aromatic N) is 4. The summed E-state index contributed by atoms with van der Waals surface area (Å²) in [5.74, 6) is -1.45. The molecule has 0 aliphatic carbocycles. The quantitative estimate of drug-likeness (QED) is 0.0524. The van der Waals surface area contributed by atoms with Crippen LogP contribution < -0.4 is 26.7 Å². The first-order valence-electron chi connectivity index (χ1n) is 30.4. The highest BCUT2D eigenvalue weighted by Gasteiger charge is 2.50. The Bertz CT molecular complexity index is 3780. The van der Waals surface area contributed by atoms with E-state index in [4.69, 9.17) is 22.3 Å². The van der Waals surface area contributed by atoms with E-state index < -0.39 is 69.0 Å². The minimum Gasteiger partial charge on any atom is -0.423 e. The first-order chi connectivity index (χ1) is 43.1.